The van der Waals surface area contributed by atoms with E-state index in [9.17, 15) is 0 Å². The zero-order chi connectivity index (χ0) is 12.1. The van der Waals surface area contributed by atoms with Crippen LogP contribution < -0.4 is 5.32 Å². The van der Waals surface area contributed by atoms with Gasteiger partial charge in [0.05, 0.1) is 0 Å². The topological polar surface area (TPSA) is 24.9 Å². The van der Waals surface area contributed by atoms with Crippen molar-refractivity contribution in [2.75, 3.05) is 11.9 Å². The average molecular weight is 247 g/mol. The van der Waals surface area contributed by atoms with Crippen molar-refractivity contribution < 1.29 is 0 Å². The van der Waals surface area contributed by atoms with Gasteiger partial charge in [0.25, 0.3) is 0 Å². The van der Waals surface area contributed by atoms with Crippen molar-refractivity contribution in [1.82, 2.24) is 4.98 Å². The van der Waals surface area contributed by atoms with Crippen LogP contribution in [0.3, 0.4) is 0 Å². The Hall–Kier alpha value is -1.54. The van der Waals surface area contributed by atoms with Crippen molar-refractivity contribution in [3.05, 3.63) is 58.7 Å². The van der Waals surface area contributed by atoms with Crippen LogP contribution in [0.5, 0.6) is 0 Å². The van der Waals surface area contributed by atoms with E-state index in [1.54, 1.807) is 6.20 Å². The molecule has 17 heavy (non-hydrogen) atoms. The number of hydrogen-bond acceptors (Lipinski definition) is 2. The van der Waals surface area contributed by atoms with Crippen LogP contribution in [0.1, 0.15) is 11.1 Å². The summed E-state index contributed by atoms with van der Waals surface area (Å²) >= 11 is 5.84. The van der Waals surface area contributed by atoms with Crippen LogP contribution in [-0.2, 0) is 6.42 Å². The summed E-state index contributed by atoms with van der Waals surface area (Å²) in [7, 11) is 0. The number of pyridine rings is 1. The highest BCUT2D eigenvalue weighted by Gasteiger charge is 1.98. The highest BCUT2D eigenvalue weighted by Crippen LogP contribution is 2.11. The SMILES string of the molecule is Cc1cccnc1NCCc1ccc(Cl)cc1. The molecule has 0 bridgehead atoms. The summed E-state index contributed by atoms with van der Waals surface area (Å²) in [6, 6.07) is 11.9. The average Bonchev–Trinajstić information content (AvgIpc) is 2.34. The van der Waals surface area contributed by atoms with Gasteiger partial charge < -0.3 is 5.32 Å². The number of aromatic nitrogens is 1. The Labute approximate surface area is 107 Å². The van der Waals surface area contributed by atoms with Crippen molar-refractivity contribution in [3.63, 3.8) is 0 Å². The summed E-state index contributed by atoms with van der Waals surface area (Å²) < 4.78 is 0. The van der Waals surface area contributed by atoms with Gasteiger partial charge in [-0.25, -0.2) is 4.98 Å². The molecule has 0 amide bonds. The summed E-state index contributed by atoms with van der Waals surface area (Å²) in [5.74, 6) is 0.960. The van der Waals surface area contributed by atoms with E-state index in [0.717, 1.165) is 23.8 Å². The molecule has 0 saturated carbocycles. The quantitative estimate of drug-likeness (QED) is 0.890. The van der Waals surface area contributed by atoms with Crippen molar-refractivity contribution in [2.45, 2.75) is 13.3 Å². The Bertz CT molecular complexity index is 480. The molecule has 1 N–H and O–H groups in total. The number of benzene rings is 1. The highest BCUT2D eigenvalue weighted by molar-refractivity contribution is 6.30. The van der Waals surface area contributed by atoms with Crippen LogP contribution >= 0.6 is 11.6 Å². The third-order valence-corrected chi connectivity index (χ3v) is 2.88. The molecule has 0 fully saturated rings. The Balaban J connectivity index is 1.88. The van der Waals surface area contributed by atoms with E-state index in [4.69, 9.17) is 11.6 Å². The zero-order valence-electron chi connectivity index (χ0n) is 9.78. The van der Waals surface area contributed by atoms with E-state index in [0.29, 0.717) is 0 Å². The van der Waals surface area contributed by atoms with Crippen molar-refractivity contribution in [3.8, 4) is 0 Å². The molecule has 0 atom stereocenters. The van der Waals surface area contributed by atoms with Gasteiger partial charge in [0.15, 0.2) is 0 Å². The first-order valence-electron chi connectivity index (χ1n) is 5.65. The van der Waals surface area contributed by atoms with E-state index < -0.39 is 0 Å². The molecule has 0 radical (unpaired) electrons. The maximum atomic E-state index is 5.84. The fourth-order valence-electron chi connectivity index (χ4n) is 1.65. The molecule has 0 aliphatic rings. The van der Waals surface area contributed by atoms with Crippen molar-refractivity contribution in [2.24, 2.45) is 0 Å². The molecule has 3 heteroatoms. The molecular weight excluding hydrogens is 232 g/mol. The van der Waals surface area contributed by atoms with E-state index in [1.165, 1.54) is 11.1 Å². The monoisotopic (exact) mass is 246 g/mol. The number of hydrogen-bond donors (Lipinski definition) is 1. The summed E-state index contributed by atoms with van der Waals surface area (Å²) in [6.07, 6.45) is 2.77. The molecule has 0 aliphatic heterocycles. The smallest absolute Gasteiger partial charge is 0.128 e. The molecule has 2 aromatic rings. The second-order valence-corrected chi connectivity index (χ2v) is 4.41. The molecule has 1 heterocycles. The van der Waals surface area contributed by atoms with E-state index >= 15 is 0 Å². The van der Waals surface area contributed by atoms with Crippen LogP contribution in [0.25, 0.3) is 0 Å². The maximum Gasteiger partial charge on any atom is 0.128 e. The van der Waals surface area contributed by atoms with Crippen LogP contribution in [-0.4, -0.2) is 11.5 Å². The summed E-state index contributed by atoms with van der Waals surface area (Å²) in [4.78, 5) is 4.29. The van der Waals surface area contributed by atoms with Gasteiger partial charge >= 0.3 is 0 Å². The predicted molar refractivity (Wildman–Crippen MR) is 72.6 cm³/mol. The van der Waals surface area contributed by atoms with Gasteiger partial charge in [0, 0.05) is 17.8 Å². The van der Waals surface area contributed by atoms with Gasteiger partial charge in [0.2, 0.25) is 0 Å². The van der Waals surface area contributed by atoms with Crippen LogP contribution in [0, 0.1) is 6.92 Å². The second kappa shape index (κ2) is 5.69. The zero-order valence-corrected chi connectivity index (χ0v) is 10.5. The minimum Gasteiger partial charge on any atom is -0.370 e. The maximum absolute atomic E-state index is 5.84. The van der Waals surface area contributed by atoms with Crippen molar-refractivity contribution in [1.29, 1.82) is 0 Å². The van der Waals surface area contributed by atoms with Gasteiger partial charge in [0.1, 0.15) is 5.82 Å². The minimum atomic E-state index is 0.780. The Morgan fingerprint density at radius 3 is 2.65 bits per heavy atom. The van der Waals surface area contributed by atoms with Gasteiger partial charge in [-0.05, 0) is 42.7 Å². The first-order valence-corrected chi connectivity index (χ1v) is 6.03. The van der Waals surface area contributed by atoms with Gasteiger partial charge in [-0.2, -0.15) is 0 Å². The number of nitrogens with zero attached hydrogens (tertiary/aromatic N) is 1. The molecule has 0 saturated heterocycles. The predicted octanol–water partition coefficient (Wildman–Crippen LogP) is 3.70. The first kappa shape index (κ1) is 11.9. The summed E-state index contributed by atoms with van der Waals surface area (Å²) in [5.41, 5.74) is 2.44. The Morgan fingerprint density at radius 1 is 1.18 bits per heavy atom. The number of nitrogens with one attached hydrogen (secondary N) is 1. The molecular formula is C14H15ClN2. The molecule has 1 aromatic carbocycles. The van der Waals surface area contributed by atoms with Crippen molar-refractivity contribution >= 4 is 17.4 Å². The number of halogens is 1. The normalized spacial score (nSPS) is 10.2. The van der Waals surface area contributed by atoms with Crippen LogP contribution in [0.2, 0.25) is 5.02 Å². The molecule has 2 rings (SSSR count). The van der Waals surface area contributed by atoms with Crippen LogP contribution in [0.4, 0.5) is 5.82 Å². The lowest BCUT2D eigenvalue weighted by molar-refractivity contribution is 1.00. The fourth-order valence-corrected chi connectivity index (χ4v) is 1.77. The van der Waals surface area contributed by atoms with E-state index in [2.05, 4.69) is 35.4 Å². The molecule has 0 unspecified atom stereocenters. The largest absolute Gasteiger partial charge is 0.370 e. The fraction of sp³-hybridized carbons (Fsp3) is 0.214. The Morgan fingerprint density at radius 2 is 1.94 bits per heavy atom. The van der Waals surface area contributed by atoms with Gasteiger partial charge in [-0.1, -0.05) is 29.8 Å². The number of aryl methyl sites for hydroxylation is 1. The lowest BCUT2D eigenvalue weighted by atomic mass is 10.1. The van der Waals surface area contributed by atoms with E-state index in [-0.39, 0.29) is 0 Å². The van der Waals surface area contributed by atoms with Gasteiger partial charge in [-0.15, -0.1) is 0 Å². The molecule has 1 aromatic heterocycles. The molecule has 2 nitrogen and oxygen atoms in total. The third-order valence-electron chi connectivity index (χ3n) is 2.63. The second-order valence-electron chi connectivity index (χ2n) is 3.97. The molecule has 0 aliphatic carbocycles. The third kappa shape index (κ3) is 3.46. The van der Waals surface area contributed by atoms with Crippen LogP contribution in [0.15, 0.2) is 42.6 Å². The van der Waals surface area contributed by atoms with E-state index in [1.807, 2.05) is 18.2 Å². The lowest BCUT2D eigenvalue weighted by Gasteiger charge is -2.07. The highest BCUT2D eigenvalue weighted by atomic mass is 35.5. The molecule has 0 spiro atoms. The number of rotatable bonds is 4. The molecule has 88 valence electrons. The van der Waals surface area contributed by atoms with Gasteiger partial charge in [-0.3, -0.25) is 0 Å². The lowest BCUT2D eigenvalue weighted by Crippen LogP contribution is -2.07. The summed E-state index contributed by atoms with van der Waals surface area (Å²) in [5, 5.41) is 4.11. The number of anilines is 1. The first-order chi connectivity index (χ1) is 8.25. The standard InChI is InChI=1S/C14H15ClN2/c1-11-3-2-9-16-14(11)17-10-8-12-4-6-13(15)7-5-12/h2-7,9H,8,10H2,1H3,(H,16,17). The minimum absolute atomic E-state index is 0.780. The summed E-state index contributed by atoms with van der Waals surface area (Å²) in [6.45, 7) is 2.93. The Kier molecular flexibility index (Phi) is 3.99.